The maximum Gasteiger partial charge on any atom is 1.00 e. The van der Waals surface area contributed by atoms with Crippen molar-refractivity contribution in [3.63, 3.8) is 0 Å². The maximum absolute atomic E-state index is 8.56. The van der Waals surface area contributed by atoms with Crippen LogP contribution < -0.4 is 29.6 Å². The molecule has 0 amide bonds. The summed E-state index contributed by atoms with van der Waals surface area (Å²) in [4.78, 5) is 8.56. The van der Waals surface area contributed by atoms with E-state index in [1.54, 1.807) is 0 Å². The van der Waals surface area contributed by atoms with E-state index < -0.39 is 6.16 Å². The van der Waals surface area contributed by atoms with Gasteiger partial charge in [-0.1, -0.05) is 0 Å². The summed E-state index contributed by atoms with van der Waals surface area (Å²) in [5.41, 5.74) is 0. The average molecular weight is 194 g/mol. The molecule has 0 saturated carbocycles. The molecule has 0 aromatic carbocycles. The molecule has 1 radical (unpaired) electrons. The number of hydrogen-bond acceptors (Lipinski definition) is 1. The van der Waals surface area contributed by atoms with E-state index in [-0.39, 0.29) is 53.4 Å². The van der Waals surface area contributed by atoms with Crippen molar-refractivity contribution in [1.29, 1.82) is 0 Å². The van der Waals surface area contributed by atoms with Crippen molar-refractivity contribution in [3.8, 4) is 0 Å². The summed E-state index contributed by atoms with van der Waals surface area (Å²) >= 11 is 0. The Morgan fingerprint density at radius 2 is 1.50 bits per heavy atom. The zero-order valence-corrected chi connectivity index (χ0v) is 6.59. The fourth-order valence-corrected chi connectivity index (χ4v) is 0. The van der Waals surface area contributed by atoms with Gasteiger partial charge in [0.25, 0.3) is 0 Å². The van der Waals surface area contributed by atoms with Crippen LogP contribution in [0.15, 0.2) is 0 Å². The molecule has 0 aromatic rings. The zero-order valence-electron chi connectivity index (χ0n) is 4.10. The summed E-state index contributed by atoms with van der Waals surface area (Å²) in [6.45, 7) is 0. The normalized spacial score (nSPS) is 4.00. The minimum Gasteiger partial charge on any atom is -1.00 e. The van der Waals surface area contributed by atoms with Crippen molar-refractivity contribution in [2.75, 3.05) is 0 Å². The van der Waals surface area contributed by atoms with E-state index in [1.165, 1.54) is 0 Å². The predicted octanol–water partition coefficient (Wildman–Crippen LogP) is -2.66. The Balaban J connectivity index is -0.0000000150. The molecule has 6 heavy (non-hydrogen) atoms. The molecule has 0 heterocycles. The van der Waals surface area contributed by atoms with Crippen LogP contribution in [0.2, 0.25) is 0 Å². The van der Waals surface area contributed by atoms with Gasteiger partial charge < -0.3 is 11.6 Å². The Morgan fingerprint density at radius 3 is 1.50 bits per heavy atom. The molecule has 0 spiro atoms. The van der Waals surface area contributed by atoms with Crippen molar-refractivity contribution in [3.05, 3.63) is 0 Å². The third-order valence-corrected chi connectivity index (χ3v) is 0. The monoisotopic (exact) mass is 193 g/mol. The molecular formula is CH3AgNaO3. The first-order chi connectivity index (χ1) is 1.73. The number of carboxylic acid groups (broad SMARTS) is 2. The van der Waals surface area contributed by atoms with Gasteiger partial charge in [-0.2, -0.15) is 0 Å². The van der Waals surface area contributed by atoms with E-state index in [0.29, 0.717) is 0 Å². The van der Waals surface area contributed by atoms with Crippen molar-refractivity contribution in [2.24, 2.45) is 0 Å². The molecule has 0 fully saturated rings. The molecule has 0 saturated heterocycles. The Labute approximate surface area is 74.0 Å². The van der Waals surface area contributed by atoms with Gasteiger partial charge in [0.05, 0.1) is 0 Å². The first-order valence-corrected chi connectivity index (χ1v) is 0.651. The second kappa shape index (κ2) is 9.38. The van der Waals surface area contributed by atoms with Gasteiger partial charge in [-0.3, -0.25) is 0 Å². The molecule has 2 N–H and O–H groups in total. The SMILES string of the molecule is O=C(O)O.[Ag].[H-].[Na+]. The van der Waals surface area contributed by atoms with Crippen LogP contribution in [-0.4, -0.2) is 16.4 Å². The molecule has 0 aliphatic heterocycles. The van der Waals surface area contributed by atoms with E-state index in [4.69, 9.17) is 15.0 Å². The molecule has 0 aromatic heterocycles. The molecule has 0 aliphatic carbocycles. The first kappa shape index (κ1) is 15.7. The van der Waals surface area contributed by atoms with Gasteiger partial charge in [0, 0.05) is 22.4 Å². The first-order valence-electron chi connectivity index (χ1n) is 0.651. The van der Waals surface area contributed by atoms with Gasteiger partial charge in [0.15, 0.2) is 0 Å². The van der Waals surface area contributed by atoms with Crippen LogP contribution in [0.5, 0.6) is 0 Å². The van der Waals surface area contributed by atoms with Crippen LogP contribution in [0.1, 0.15) is 1.43 Å². The fourth-order valence-electron chi connectivity index (χ4n) is 0. The zero-order chi connectivity index (χ0) is 3.58. The molecule has 0 bridgehead atoms. The quantitative estimate of drug-likeness (QED) is 0.413. The van der Waals surface area contributed by atoms with Crippen molar-refractivity contribution < 1.29 is 68.4 Å². The van der Waals surface area contributed by atoms with E-state index in [2.05, 4.69) is 0 Å². The van der Waals surface area contributed by atoms with E-state index >= 15 is 0 Å². The van der Waals surface area contributed by atoms with E-state index in [9.17, 15) is 0 Å². The number of rotatable bonds is 0. The summed E-state index contributed by atoms with van der Waals surface area (Å²) in [6.07, 6.45) is -1.83. The Morgan fingerprint density at radius 1 is 1.50 bits per heavy atom. The van der Waals surface area contributed by atoms with Gasteiger partial charge in [-0.15, -0.1) is 0 Å². The Bertz CT molecular complexity index is 37.9. The van der Waals surface area contributed by atoms with Crippen LogP contribution in [0, 0.1) is 0 Å². The smallest absolute Gasteiger partial charge is 1.00 e. The number of carbonyl (C=O) groups is 1. The maximum atomic E-state index is 8.56. The molecule has 0 unspecified atom stereocenters. The molecular weight excluding hydrogens is 191 g/mol. The van der Waals surface area contributed by atoms with Gasteiger partial charge in [0.2, 0.25) is 0 Å². The molecule has 5 heteroatoms. The van der Waals surface area contributed by atoms with Gasteiger partial charge >= 0.3 is 35.7 Å². The number of hydrogen-bond donors (Lipinski definition) is 2. The predicted molar refractivity (Wildman–Crippen MR) is 11.8 cm³/mol. The molecule has 0 aliphatic rings. The van der Waals surface area contributed by atoms with Crippen LogP contribution in [0.25, 0.3) is 0 Å². The second-order valence-electron chi connectivity index (χ2n) is 0.283. The van der Waals surface area contributed by atoms with Gasteiger partial charge in [0.1, 0.15) is 0 Å². The Kier molecular flexibility index (Phi) is 24.6. The summed E-state index contributed by atoms with van der Waals surface area (Å²) in [5.74, 6) is 0. The fraction of sp³-hybridized carbons (Fsp3) is 0. The Hall–Kier alpha value is 1.01. The molecule has 0 atom stereocenters. The minimum absolute atomic E-state index is 0. The van der Waals surface area contributed by atoms with Crippen molar-refractivity contribution in [2.45, 2.75) is 0 Å². The van der Waals surface area contributed by atoms with E-state index in [1.807, 2.05) is 0 Å². The average Bonchev–Trinajstić information content (AvgIpc) is 0.811. The summed E-state index contributed by atoms with van der Waals surface area (Å²) in [6, 6.07) is 0. The summed E-state index contributed by atoms with van der Waals surface area (Å²) in [5, 5.41) is 13.9. The third-order valence-electron chi connectivity index (χ3n) is 0. The van der Waals surface area contributed by atoms with Crippen LogP contribution >= 0.6 is 0 Å². The van der Waals surface area contributed by atoms with Crippen molar-refractivity contribution in [1.82, 2.24) is 0 Å². The summed E-state index contributed by atoms with van der Waals surface area (Å²) < 4.78 is 0. The van der Waals surface area contributed by atoms with Gasteiger partial charge in [-0.05, 0) is 0 Å². The van der Waals surface area contributed by atoms with E-state index in [0.717, 1.165) is 0 Å². The minimum atomic E-state index is -1.83. The third kappa shape index (κ3) is 78.9. The van der Waals surface area contributed by atoms with Crippen molar-refractivity contribution >= 4 is 6.16 Å². The largest absolute Gasteiger partial charge is 1.00 e. The molecule has 37 valence electrons. The standard InChI is InChI=1S/CH2O3.Ag.Na.H/c2-1(3)4;;;/h(H2,2,3,4);;;/q;;+1;-1. The van der Waals surface area contributed by atoms with Gasteiger partial charge in [-0.25, -0.2) is 4.79 Å². The topological polar surface area (TPSA) is 57.5 Å². The van der Waals surface area contributed by atoms with Crippen LogP contribution in [0.3, 0.4) is 0 Å². The van der Waals surface area contributed by atoms with Crippen LogP contribution in [-0.2, 0) is 22.4 Å². The molecule has 3 nitrogen and oxygen atoms in total. The molecule has 0 rings (SSSR count). The summed E-state index contributed by atoms with van der Waals surface area (Å²) in [7, 11) is 0. The van der Waals surface area contributed by atoms with Crippen LogP contribution in [0.4, 0.5) is 4.79 Å². The second-order valence-corrected chi connectivity index (χ2v) is 0.283.